The molecule has 0 radical (unpaired) electrons. The number of amides is 1. The number of carbonyl (C=O) groups is 1. The average molecular weight is 415 g/mol. The third-order valence-electron chi connectivity index (χ3n) is 5.93. The monoisotopic (exact) mass is 414 g/mol. The summed E-state index contributed by atoms with van der Waals surface area (Å²) in [7, 11) is 1.96. The summed E-state index contributed by atoms with van der Waals surface area (Å²) in [5.41, 5.74) is 2.45. The maximum Gasteiger partial charge on any atom is 0.233 e. The van der Waals surface area contributed by atoms with E-state index in [4.69, 9.17) is 0 Å². The van der Waals surface area contributed by atoms with Crippen molar-refractivity contribution >= 4 is 17.7 Å². The van der Waals surface area contributed by atoms with Crippen molar-refractivity contribution in [2.24, 2.45) is 13.0 Å². The summed E-state index contributed by atoms with van der Waals surface area (Å²) in [6.45, 7) is 10.8. The lowest BCUT2D eigenvalue weighted by Crippen LogP contribution is -2.44. The van der Waals surface area contributed by atoms with Gasteiger partial charge in [0.1, 0.15) is 0 Å². The van der Waals surface area contributed by atoms with Crippen molar-refractivity contribution < 1.29 is 4.79 Å². The summed E-state index contributed by atoms with van der Waals surface area (Å²) in [5, 5.41) is 12.5. The van der Waals surface area contributed by atoms with Crippen LogP contribution in [0.3, 0.4) is 0 Å². The van der Waals surface area contributed by atoms with Crippen molar-refractivity contribution in [1.29, 1.82) is 0 Å². The van der Waals surface area contributed by atoms with Gasteiger partial charge in [0, 0.05) is 18.7 Å². The number of benzene rings is 1. The van der Waals surface area contributed by atoms with Crippen LogP contribution in [0, 0.1) is 5.92 Å². The number of aromatic nitrogens is 3. The van der Waals surface area contributed by atoms with Gasteiger partial charge in [-0.3, -0.25) is 4.79 Å². The van der Waals surface area contributed by atoms with Crippen LogP contribution in [0.1, 0.15) is 65.9 Å². The van der Waals surface area contributed by atoms with Gasteiger partial charge in [-0.25, -0.2) is 0 Å². The first kappa shape index (κ1) is 21.9. The van der Waals surface area contributed by atoms with E-state index in [1.54, 1.807) is 0 Å². The minimum atomic E-state index is -0.205. The maximum atomic E-state index is 12.7. The van der Waals surface area contributed by atoms with Gasteiger partial charge in [0.15, 0.2) is 11.0 Å². The fourth-order valence-electron chi connectivity index (χ4n) is 3.83. The van der Waals surface area contributed by atoms with Crippen LogP contribution in [0.4, 0.5) is 0 Å². The maximum absolute atomic E-state index is 12.7. The van der Waals surface area contributed by atoms with Gasteiger partial charge in [-0.15, -0.1) is 10.2 Å². The largest absolute Gasteiger partial charge is 0.352 e. The molecule has 0 bridgehead atoms. The normalized spacial score (nSPS) is 21.0. The first-order chi connectivity index (χ1) is 13.7. The molecule has 5 nitrogen and oxygen atoms in total. The van der Waals surface area contributed by atoms with Crippen LogP contribution in [-0.2, 0) is 17.3 Å². The third kappa shape index (κ3) is 5.21. The van der Waals surface area contributed by atoms with Crippen LogP contribution >= 0.6 is 11.8 Å². The first-order valence-electron chi connectivity index (χ1n) is 10.6. The average Bonchev–Trinajstić information content (AvgIpc) is 3.03. The lowest BCUT2D eigenvalue weighted by molar-refractivity contribution is -0.121. The molecule has 1 saturated carbocycles. The highest BCUT2D eigenvalue weighted by molar-refractivity contribution is 8.00. The van der Waals surface area contributed by atoms with E-state index in [1.807, 2.05) is 18.5 Å². The van der Waals surface area contributed by atoms with Gasteiger partial charge >= 0.3 is 0 Å². The molecule has 1 fully saturated rings. The molecule has 1 aliphatic rings. The van der Waals surface area contributed by atoms with Crippen LogP contribution < -0.4 is 5.32 Å². The van der Waals surface area contributed by atoms with Gasteiger partial charge in [0.25, 0.3) is 0 Å². The van der Waals surface area contributed by atoms with Gasteiger partial charge < -0.3 is 9.88 Å². The molecule has 1 aromatic heterocycles. The van der Waals surface area contributed by atoms with Crippen molar-refractivity contribution in [1.82, 2.24) is 20.1 Å². The zero-order chi connectivity index (χ0) is 21.2. The van der Waals surface area contributed by atoms with Crippen LogP contribution in [-0.4, -0.2) is 32.0 Å². The molecule has 0 spiro atoms. The van der Waals surface area contributed by atoms with Crippen LogP contribution in [0.25, 0.3) is 11.4 Å². The molecule has 6 heteroatoms. The van der Waals surface area contributed by atoms with E-state index < -0.39 is 0 Å². The Morgan fingerprint density at radius 1 is 1.17 bits per heavy atom. The van der Waals surface area contributed by atoms with Crippen molar-refractivity contribution in [3.05, 3.63) is 29.8 Å². The lowest BCUT2D eigenvalue weighted by Gasteiger charge is -2.30. The van der Waals surface area contributed by atoms with Gasteiger partial charge in [-0.05, 0) is 36.7 Å². The van der Waals surface area contributed by atoms with E-state index in [1.165, 1.54) is 36.6 Å². The highest BCUT2D eigenvalue weighted by Crippen LogP contribution is 2.29. The summed E-state index contributed by atoms with van der Waals surface area (Å²) in [6, 6.07) is 8.80. The molecule has 1 aromatic carbocycles. The van der Waals surface area contributed by atoms with Gasteiger partial charge in [0.05, 0.1) is 5.25 Å². The van der Waals surface area contributed by atoms with Crippen LogP contribution in [0.5, 0.6) is 0 Å². The number of nitrogens with one attached hydrogen (secondary N) is 1. The van der Waals surface area contributed by atoms with Crippen molar-refractivity contribution in [2.75, 3.05) is 0 Å². The Hall–Kier alpha value is -1.82. The van der Waals surface area contributed by atoms with Gasteiger partial charge in [-0.2, -0.15) is 0 Å². The second-order valence-corrected chi connectivity index (χ2v) is 10.6. The number of hydrogen-bond acceptors (Lipinski definition) is 4. The minimum absolute atomic E-state index is 0.0906. The quantitative estimate of drug-likeness (QED) is 0.703. The molecule has 0 saturated heterocycles. The Balaban J connectivity index is 1.66. The Kier molecular flexibility index (Phi) is 6.72. The fourth-order valence-corrected chi connectivity index (χ4v) is 4.65. The zero-order valence-corrected chi connectivity index (χ0v) is 19.3. The molecule has 1 N–H and O–H groups in total. The van der Waals surface area contributed by atoms with Gasteiger partial charge in [0.2, 0.25) is 5.91 Å². The standard InChI is InChI=1S/C23H34N4OS/c1-15-9-7-8-10-19(15)24-21(28)16(2)29-22-26-25-20(27(22)6)17-11-13-18(14-12-17)23(3,4)5/h11-16,19H,7-10H2,1-6H3,(H,24,28). The molecule has 2 aromatic rings. The lowest BCUT2D eigenvalue weighted by atomic mass is 9.86. The molecule has 3 atom stereocenters. The smallest absolute Gasteiger partial charge is 0.233 e. The zero-order valence-electron chi connectivity index (χ0n) is 18.5. The predicted octanol–water partition coefficient (Wildman–Crippen LogP) is 4.96. The van der Waals surface area contributed by atoms with E-state index in [0.29, 0.717) is 12.0 Å². The summed E-state index contributed by atoms with van der Waals surface area (Å²) >= 11 is 1.47. The molecule has 0 aliphatic heterocycles. The highest BCUT2D eigenvalue weighted by Gasteiger charge is 2.26. The SMILES string of the molecule is CC(Sc1nnc(-c2ccc(C(C)(C)C)cc2)n1C)C(=O)NC1CCCCC1C. The van der Waals surface area contributed by atoms with E-state index in [2.05, 4.69) is 67.5 Å². The molecule has 29 heavy (non-hydrogen) atoms. The number of hydrogen-bond donors (Lipinski definition) is 1. The van der Waals surface area contributed by atoms with E-state index in [-0.39, 0.29) is 16.6 Å². The topological polar surface area (TPSA) is 59.8 Å². The minimum Gasteiger partial charge on any atom is -0.352 e. The Labute approximate surface area is 179 Å². The highest BCUT2D eigenvalue weighted by atomic mass is 32.2. The van der Waals surface area contributed by atoms with Crippen molar-refractivity contribution in [3.8, 4) is 11.4 Å². The third-order valence-corrected chi connectivity index (χ3v) is 7.07. The second-order valence-electron chi connectivity index (χ2n) is 9.33. The number of thioether (sulfide) groups is 1. The number of carbonyl (C=O) groups excluding carboxylic acids is 1. The molecular weight excluding hydrogens is 380 g/mol. The first-order valence-corrected chi connectivity index (χ1v) is 11.5. The number of rotatable bonds is 5. The van der Waals surface area contributed by atoms with E-state index in [0.717, 1.165) is 23.0 Å². The summed E-state index contributed by atoms with van der Waals surface area (Å²) < 4.78 is 1.98. The fraction of sp³-hybridized carbons (Fsp3) is 0.609. The molecule has 158 valence electrons. The van der Waals surface area contributed by atoms with Crippen molar-refractivity contribution in [3.63, 3.8) is 0 Å². The van der Waals surface area contributed by atoms with Crippen molar-refractivity contribution in [2.45, 2.75) is 82.2 Å². The molecule has 3 unspecified atom stereocenters. The molecule has 3 rings (SSSR count). The van der Waals surface area contributed by atoms with E-state index >= 15 is 0 Å². The Morgan fingerprint density at radius 3 is 2.45 bits per heavy atom. The summed E-state index contributed by atoms with van der Waals surface area (Å²) in [4.78, 5) is 12.7. The summed E-state index contributed by atoms with van der Waals surface area (Å²) in [5.74, 6) is 1.47. The van der Waals surface area contributed by atoms with Gasteiger partial charge in [-0.1, -0.05) is 76.6 Å². The van der Waals surface area contributed by atoms with Crippen LogP contribution in [0.15, 0.2) is 29.4 Å². The summed E-state index contributed by atoms with van der Waals surface area (Å²) in [6.07, 6.45) is 4.77. The van der Waals surface area contributed by atoms with E-state index in [9.17, 15) is 4.79 Å². The van der Waals surface area contributed by atoms with Crippen LogP contribution in [0.2, 0.25) is 0 Å². The Morgan fingerprint density at radius 2 is 1.83 bits per heavy atom. The molecule has 1 heterocycles. The molecule has 1 aliphatic carbocycles. The molecular formula is C23H34N4OS. The number of nitrogens with zero attached hydrogens (tertiary/aromatic N) is 3. The predicted molar refractivity (Wildman–Crippen MR) is 120 cm³/mol. The second kappa shape index (κ2) is 8.90. The Bertz CT molecular complexity index is 838. The molecule has 1 amide bonds.